The van der Waals surface area contributed by atoms with Crippen molar-refractivity contribution in [2.24, 2.45) is 0 Å². The molecule has 28 heavy (non-hydrogen) atoms. The second-order valence-electron chi connectivity index (χ2n) is 5.88. The van der Waals surface area contributed by atoms with Crippen LogP contribution >= 0.6 is 35.6 Å². The molecular formula is C20H17ClFNO3S2. The molecule has 8 heteroatoms. The zero-order valence-corrected chi connectivity index (χ0v) is 17.6. The van der Waals surface area contributed by atoms with Crippen molar-refractivity contribution in [3.8, 4) is 11.5 Å². The van der Waals surface area contributed by atoms with Crippen LogP contribution in [0.5, 0.6) is 11.5 Å². The van der Waals surface area contributed by atoms with Crippen LogP contribution in [0.25, 0.3) is 6.08 Å². The van der Waals surface area contributed by atoms with Crippen LogP contribution in [0.2, 0.25) is 5.02 Å². The second kappa shape index (κ2) is 8.94. The Bertz CT molecular complexity index is 964. The van der Waals surface area contributed by atoms with E-state index in [2.05, 4.69) is 0 Å². The van der Waals surface area contributed by atoms with Crippen molar-refractivity contribution in [1.29, 1.82) is 0 Å². The highest BCUT2D eigenvalue weighted by Gasteiger charge is 2.28. The number of nitrogens with zero attached hydrogens (tertiary/aromatic N) is 1. The Hall–Kier alpha value is -2.09. The van der Waals surface area contributed by atoms with Gasteiger partial charge in [-0.2, -0.15) is 0 Å². The van der Waals surface area contributed by atoms with Crippen molar-refractivity contribution >= 4 is 51.9 Å². The molecule has 0 radical (unpaired) electrons. The number of carbonyl (C=O) groups is 1. The molecule has 1 aliphatic heterocycles. The topological polar surface area (TPSA) is 38.8 Å². The van der Waals surface area contributed by atoms with E-state index >= 15 is 0 Å². The van der Waals surface area contributed by atoms with E-state index in [1.54, 1.807) is 43.5 Å². The Morgan fingerprint density at radius 2 is 2.04 bits per heavy atom. The van der Waals surface area contributed by atoms with E-state index in [0.717, 1.165) is 0 Å². The molecule has 0 saturated carbocycles. The van der Waals surface area contributed by atoms with E-state index in [0.29, 0.717) is 43.5 Å². The minimum atomic E-state index is -0.352. The molecule has 1 saturated heterocycles. The first kappa shape index (κ1) is 20.6. The van der Waals surface area contributed by atoms with Crippen molar-refractivity contribution in [2.45, 2.75) is 13.5 Å². The maximum absolute atomic E-state index is 13.8. The molecule has 0 N–H and O–H groups in total. The molecule has 146 valence electrons. The van der Waals surface area contributed by atoms with Gasteiger partial charge in [0.25, 0.3) is 5.91 Å². The third-order valence-corrected chi connectivity index (χ3v) is 5.71. The van der Waals surface area contributed by atoms with Crippen LogP contribution in [-0.4, -0.2) is 28.8 Å². The molecule has 0 aromatic heterocycles. The van der Waals surface area contributed by atoms with E-state index < -0.39 is 0 Å². The second-order valence-corrected chi connectivity index (χ2v) is 7.97. The molecule has 2 aromatic carbocycles. The molecule has 1 aliphatic rings. The largest absolute Gasteiger partial charge is 0.490 e. The Labute approximate surface area is 177 Å². The molecule has 1 fully saturated rings. The van der Waals surface area contributed by atoms with Gasteiger partial charge in [0.1, 0.15) is 16.7 Å². The van der Waals surface area contributed by atoms with Gasteiger partial charge in [-0.25, -0.2) is 4.39 Å². The van der Waals surface area contributed by atoms with Crippen LogP contribution in [0.3, 0.4) is 0 Å². The number of hydrogen-bond acceptors (Lipinski definition) is 5. The number of ether oxygens (including phenoxy) is 2. The number of thiocarbonyl (C=S) groups is 1. The molecule has 3 rings (SSSR count). The number of benzene rings is 2. The van der Waals surface area contributed by atoms with Crippen LogP contribution in [0, 0.1) is 5.82 Å². The molecule has 4 nitrogen and oxygen atoms in total. The van der Waals surface area contributed by atoms with Crippen LogP contribution in [0.4, 0.5) is 4.39 Å². The summed E-state index contributed by atoms with van der Waals surface area (Å²) in [6.45, 7) is 2.25. The average molecular weight is 438 g/mol. The predicted molar refractivity (Wildman–Crippen MR) is 114 cm³/mol. The van der Waals surface area contributed by atoms with Gasteiger partial charge in [-0.15, -0.1) is 0 Å². The predicted octanol–water partition coefficient (Wildman–Crippen LogP) is 5.29. The summed E-state index contributed by atoms with van der Waals surface area (Å²) in [7, 11) is 1.64. The summed E-state index contributed by atoms with van der Waals surface area (Å²) >= 11 is 12.8. The van der Waals surface area contributed by atoms with E-state index in [1.807, 2.05) is 6.92 Å². The monoisotopic (exact) mass is 437 g/mol. The van der Waals surface area contributed by atoms with Gasteiger partial charge < -0.3 is 9.47 Å². The minimum Gasteiger partial charge on any atom is -0.490 e. The van der Waals surface area contributed by atoms with E-state index in [1.165, 1.54) is 22.7 Å². The van der Waals surface area contributed by atoms with Crippen LogP contribution < -0.4 is 9.47 Å². The molecular weight excluding hydrogens is 421 g/mol. The van der Waals surface area contributed by atoms with Crippen LogP contribution in [0.15, 0.2) is 41.3 Å². The molecule has 0 aliphatic carbocycles. The quantitative estimate of drug-likeness (QED) is 0.453. The molecule has 2 aromatic rings. The zero-order valence-electron chi connectivity index (χ0n) is 15.2. The lowest BCUT2D eigenvalue weighted by atomic mass is 10.1. The summed E-state index contributed by atoms with van der Waals surface area (Å²) in [6.07, 6.45) is 1.71. The highest BCUT2D eigenvalue weighted by molar-refractivity contribution is 8.26. The summed E-state index contributed by atoms with van der Waals surface area (Å²) < 4.78 is 25.7. The summed E-state index contributed by atoms with van der Waals surface area (Å²) in [4.78, 5) is 14.1. The third kappa shape index (κ3) is 4.48. The van der Waals surface area contributed by atoms with E-state index in [4.69, 9.17) is 33.3 Å². The smallest absolute Gasteiger partial charge is 0.265 e. The Balaban J connectivity index is 1.89. The van der Waals surface area contributed by atoms with Gasteiger partial charge in [0.15, 0.2) is 11.5 Å². The minimum absolute atomic E-state index is 0.0142. The highest BCUT2D eigenvalue weighted by Crippen LogP contribution is 2.39. The number of halogens is 2. The number of rotatable bonds is 6. The van der Waals surface area contributed by atoms with Crippen molar-refractivity contribution in [1.82, 2.24) is 4.90 Å². The summed E-state index contributed by atoms with van der Waals surface area (Å²) in [6, 6.07) is 9.77. The summed E-state index contributed by atoms with van der Waals surface area (Å²) in [5.41, 5.74) is 1.09. The molecule has 0 spiro atoms. The van der Waals surface area contributed by atoms with E-state index in [9.17, 15) is 9.18 Å². The lowest BCUT2D eigenvalue weighted by Gasteiger charge is -2.15. The molecule has 1 heterocycles. The van der Waals surface area contributed by atoms with Crippen molar-refractivity contribution in [3.05, 3.63) is 63.3 Å². The Morgan fingerprint density at radius 1 is 1.29 bits per heavy atom. The number of likely N-dealkylation sites (N-methyl/N-ethyl adjacent to an activating group) is 1. The normalized spacial score (nSPS) is 15.4. The van der Waals surface area contributed by atoms with Crippen LogP contribution in [0.1, 0.15) is 18.1 Å². The molecule has 0 atom stereocenters. The van der Waals surface area contributed by atoms with Gasteiger partial charge in [0.2, 0.25) is 0 Å². The highest BCUT2D eigenvalue weighted by atomic mass is 35.5. The van der Waals surface area contributed by atoms with Gasteiger partial charge in [-0.1, -0.05) is 53.8 Å². The third-order valence-electron chi connectivity index (χ3n) is 3.95. The Morgan fingerprint density at radius 3 is 2.68 bits per heavy atom. The standard InChI is InChI=1S/C20H17ClFNO3S2/c1-3-25-16-9-12(10-17-19(24)23(2)20(27)28-17)8-14(21)18(16)26-11-13-6-4-5-7-15(13)22/h4-10H,3,11H2,1-2H3/b17-10-. The van der Waals surface area contributed by atoms with Gasteiger partial charge in [-0.3, -0.25) is 9.69 Å². The number of carbonyl (C=O) groups excluding carboxylic acids is 1. The van der Waals surface area contributed by atoms with Gasteiger partial charge >= 0.3 is 0 Å². The average Bonchev–Trinajstić information content (AvgIpc) is 2.89. The molecule has 1 amide bonds. The fourth-order valence-electron chi connectivity index (χ4n) is 2.54. The maximum atomic E-state index is 13.8. The van der Waals surface area contributed by atoms with Crippen molar-refractivity contribution in [3.63, 3.8) is 0 Å². The summed E-state index contributed by atoms with van der Waals surface area (Å²) in [5, 5.41) is 0.306. The number of amides is 1. The fourth-order valence-corrected chi connectivity index (χ4v) is 3.99. The fraction of sp³-hybridized carbons (Fsp3) is 0.200. The van der Waals surface area contributed by atoms with Crippen molar-refractivity contribution in [2.75, 3.05) is 13.7 Å². The zero-order chi connectivity index (χ0) is 20.3. The maximum Gasteiger partial charge on any atom is 0.265 e. The van der Waals surface area contributed by atoms with Gasteiger partial charge in [0, 0.05) is 12.6 Å². The summed E-state index contributed by atoms with van der Waals surface area (Å²) in [5.74, 6) is 0.232. The first-order valence-corrected chi connectivity index (χ1v) is 10.0. The van der Waals surface area contributed by atoms with E-state index in [-0.39, 0.29) is 18.3 Å². The first-order chi connectivity index (χ1) is 13.4. The van der Waals surface area contributed by atoms with Gasteiger partial charge in [-0.05, 0) is 36.8 Å². The molecule has 0 bridgehead atoms. The van der Waals surface area contributed by atoms with Crippen LogP contribution in [-0.2, 0) is 11.4 Å². The SMILES string of the molecule is CCOc1cc(/C=C2\SC(=S)N(C)C2=O)cc(Cl)c1OCc1ccccc1F. The lowest BCUT2D eigenvalue weighted by molar-refractivity contribution is -0.121. The number of hydrogen-bond donors (Lipinski definition) is 0. The molecule has 0 unspecified atom stereocenters. The van der Waals surface area contributed by atoms with Crippen molar-refractivity contribution < 1.29 is 18.7 Å². The first-order valence-electron chi connectivity index (χ1n) is 8.44. The van der Waals surface area contributed by atoms with Gasteiger partial charge in [0.05, 0.1) is 16.5 Å². The lowest BCUT2D eigenvalue weighted by Crippen LogP contribution is -2.22. The Kier molecular flexibility index (Phi) is 6.59. The number of thioether (sulfide) groups is 1.